The summed E-state index contributed by atoms with van der Waals surface area (Å²) < 4.78 is 26.3. The third-order valence-corrected chi connectivity index (χ3v) is 7.39. The van der Waals surface area contributed by atoms with E-state index in [1.807, 2.05) is 57.2 Å². The van der Waals surface area contributed by atoms with Crippen molar-refractivity contribution in [1.29, 1.82) is 0 Å². The van der Waals surface area contributed by atoms with Gasteiger partial charge in [0.25, 0.3) is 0 Å². The van der Waals surface area contributed by atoms with Crippen molar-refractivity contribution < 1.29 is 13.2 Å². The Kier molecular flexibility index (Phi) is 9.07. The van der Waals surface area contributed by atoms with Crippen LogP contribution in [-0.2, 0) is 20.6 Å². The van der Waals surface area contributed by atoms with Gasteiger partial charge in [-0.3, -0.25) is 9.10 Å². The van der Waals surface area contributed by atoms with Gasteiger partial charge in [0.05, 0.1) is 11.9 Å². The van der Waals surface area contributed by atoms with Gasteiger partial charge >= 0.3 is 0 Å². The fourth-order valence-corrected chi connectivity index (χ4v) is 5.43. The predicted molar refractivity (Wildman–Crippen MR) is 128 cm³/mol. The zero-order chi connectivity index (χ0) is 22.3. The first-order chi connectivity index (χ1) is 14.1. The standard InChI is InChI=1S/C22H29ClN2O3S2/c1-5-21(25(30(4,27)28)19-11-10-16(2)17(3)14-19)22(26)24-12-13-29-15-18-8-6-7-9-20(18)23/h6-11,14,21H,5,12-13,15H2,1-4H3,(H,24,26). The van der Waals surface area contributed by atoms with Crippen LogP contribution in [0.3, 0.4) is 0 Å². The van der Waals surface area contributed by atoms with Crippen molar-refractivity contribution in [3.05, 3.63) is 64.2 Å². The molecule has 0 spiro atoms. The number of sulfonamides is 1. The predicted octanol–water partition coefficient (Wildman–Crippen LogP) is 4.55. The molecule has 0 saturated heterocycles. The molecule has 5 nitrogen and oxygen atoms in total. The van der Waals surface area contributed by atoms with Crippen LogP contribution in [0.5, 0.6) is 0 Å². The number of halogens is 1. The number of nitrogens with one attached hydrogen (secondary N) is 1. The summed E-state index contributed by atoms with van der Waals surface area (Å²) in [6.45, 7) is 6.16. The van der Waals surface area contributed by atoms with Gasteiger partial charge < -0.3 is 5.32 Å². The van der Waals surface area contributed by atoms with Crippen LogP contribution in [0.1, 0.15) is 30.0 Å². The highest BCUT2D eigenvalue weighted by molar-refractivity contribution is 7.98. The van der Waals surface area contributed by atoms with Crippen LogP contribution in [-0.4, -0.2) is 38.9 Å². The Morgan fingerprint density at radius 3 is 2.47 bits per heavy atom. The molecule has 1 N–H and O–H groups in total. The molecule has 0 bridgehead atoms. The smallest absolute Gasteiger partial charge is 0.243 e. The third-order valence-electron chi connectivity index (χ3n) is 4.84. The third kappa shape index (κ3) is 6.65. The number of carbonyl (C=O) groups excluding carboxylic acids is 1. The molecular formula is C22H29ClN2O3S2. The van der Waals surface area contributed by atoms with Gasteiger partial charge in [0, 0.05) is 23.1 Å². The second-order valence-electron chi connectivity index (χ2n) is 7.19. The molecule has 30 heavy (non-hydrogen) atoms. The molecule has 1 amide bonds. The number of anilines is 1. The molecule has 1 unspecified atom stereocenters. The summed E-state index contributed by atoms with van der Waals surface area (Å²) in [6, 6.07) is 12.3. The van der Waals surface area contributed by atoms with Crippen LogP contribution >= 0.6 is 23.4 Å². The average Bonchev–Trinajstić information content (AvgIpc) is 2.68. The Hall–Kier alpha value is -1.70. The van der Waals surface area contributed by atoms with Gasteiger partial charge in [-0.2, -0.15) is 11.8 Å². The van der Waals surface area contributed by atoms with Crippen LogP contribution in [0.4, 0.5) is 5.69 Å². The van der Waals surface area contributed by atoms with E-state index in [0.29, 0.717) is 24.4 Å². The molecule has 0 aliphatic carbocycles. The topological polar surface area (TPSA) is 66.5 Å². The largest absolute Gasteiger partial charge is 0.353 e. The van der Waals surface area contributed by atoms with Gasteiger partial charge in [0.2, 0.25) is 15.9 Å². The van der Waals surface area contributed by atoms with E-state index in [9.17, 15) is 13.2 Å². The number of hydrogen-bond acceptors (Lipinski definition) is 4. The molecular weight excluding hydrogens is 440 g/mol. The quantitative estimate of drug-likeness (QED) is 0.519. The molecule has 2 aromatic rings. The number of thioether (sulfide) groups is 1. The molecule has 164 valence electrons. The maximum Gasteiger partial charge on any atom is 0.243 e. The van der Waals surface area contributed by atoms with Gasteiger partial charge in [0.1, 0.15) is 6.04 Å². The first-order valence-electron chi connectivity index (χ1n) is 9.80. The van der Waals surface area contributed by atoms with Crippen molar-refractivity contribution in [1.82, 2.24) is 5.32 Å². The van der Waals surface area contributed by atoms with Crippen LogP contribution in [0.2, 0.25) is 5.02 Å². The van der Waals surface area contributed by atoms with E-state index in [0.717, 1.165) is 33.7 Å². The molecule has 0 fully saturated rings. The zero-order valence-corrected chi connectivity index (χ0v) is 20.2. The van der Waals surface area contributed by atoms with E-state index < -0.39 is 16.1 Å². The van der Waals surface area contributed by atoms with Gasteiger partial charge in [-0.15, -0.1) is 0 Å². The summed E-state index contributed by atoms with van der Waals surface area (Å²) in [6.07, 6.45) is 1.51. The molecule has 0 radical (unpaired) electrons. The Morgan fingerprint density at radius 2 is 1.87 bits per heavy atom. The minimum absolute atomic E-state index is 0.292. The number of rotatable bonds is 10. The van der Waals surface area contributed by atoms with Crippen LogP contribution in [0.15, 0.2) is 42.5 Å². The number of carbonyl (C=O) groups is 1. The monoisotopic (exact) mass is 468 g/mol. The van der Waals surface area contributed by atoms with E-state index in [1.54, 1.807) is 17.8 Å². The van der Waals surface area contributed by atoms with Gasteiger partial charge in [0.15, 0.2) is 0 Å². The van der Waals surface area contributed by atoms with Crippen molar-refractivity contribution >= 4 is 45.0 Å². The SMILES string of the molecule is CCC(C(=O)NCCSCc1ccccc1Cl)N(c1ccc(C)c(C)c1)S(C)(=O)=O. The number of aryl methyl sites for hydroxylation is 2. The molecule has 1 atom stereocenters. The second-order valence-corrected chi connectivity index (χ2v) is 10.6. The molecule has 0 aliphatic rings. The van der Waals surface area contributed by atoms with Gasteiger partial charge in [-0.25, -0.2) is 8.42 Å². The highest BCUT2D eigenvalue weighted by atomic mass is 35.5. The summed E-state index contributed by atoms with van der Waals surface area (Å²) in [7, 11) is -3.63. The van der Waals surface area contributed by atoms with Crippen molar-refractivity contribution in [2.24, 2.45) is 0 Å². The number of amides is 1. The number of nitrogens with zero attached hydrogens (tertiary/aromatic N) is 1. The first kappa shape index (κ1) is 24.6. The molecule has 8 heteroatoms. The van der Waals surface area contributed by atoms with Crippen molar-refractivity contribution in [2.45, 2.75) is 39.0 Å². The highest BCUT2D eigenvalue weighted by Crippen LogP contribution is 2.25. The van der Waals surface area contributed by atoms with E-state index in [4.69, 9.17) is 11.6 Å². The molecule has 0 aromatic heterocycles. The fraction of sp³-hybridized carbons (Fsp3) is 0.409. The van der Waals surface area contributed by atoms with Crippen LogP contribution < -0.4 is 9.62 Å². The van der Waals surface area contributed by atoms with Crippen molar-refractivity contribution in [3.63, 3.8) is 0 Å². The maximum absolute atomic E-state index is 12.8. The Labute approximate surface area is 189 Å². The van der Waals surface area contributed by atoms with Crippen LogP contribution in [0.25, 0.3) is 0 Å². The minimum atomic E-state index is -3.63. The average molecular weight is 469 g/mol. The van der Waals surface area contributed by atoms with Gasteiger partial charge in [-0.05, 0) is 55.2 Å². The van der Waals surface area contributed by atoms with Gasteiger partial charge in [-0.1, -0.05) is 42.8 Å². The van der Waals surface area contributed by atoms with E-state index in [1.165, 1.54) is 4.31 Å². The lowest BCUT2D eigenvalue weighted by atomic mass is 10.1. The highest BCUT2D eigenvalue weighted by Gasteiger charge is 2.31. The fourth-order valence-electron chi connectivity index (χ4n) is 3.08. The second kappa shape index (κ2) is 11.1. The summed E-state index contributed by atoms with van der Waals surface area (Å²) in [5, 5.41) is 3.62. The van der Waals surface area contributed by atoms with E-state index in [-0.39, 0.29) is 5.91 Å². The normalized spacial score (nSPS) is 12.4. The Balaban J connectivity index is 2.01. The zero-order valence-electron chi connectivity index (χ0n) is 17.8. The summed E-state index contributed by atoms with van der Waals surface area (Å²) >= 11 is 7.82. The Bertz CT molecular complexity index is 980. The molecule has 0 saturated carbocycles. The number of hydrogen-bond donors (Lipinski definition) is 1. The maximum atomic E-state index is 12.8. The minimum Gasteiger partial charge on any atom is -0.353 e. The number of benzene rings is 2. The Morgan fingerprint density at radius 1 is 1.17 bits per heavy atom. The summed E-state index contributed by atoms with van der Waals surface area (Å²) in [5.74, 6) is 1.17. The lowest BCUT2D eigenvalue weighted by molar-refractivity contribution is -0.122. The van der Waals surface area contributed by atoms with E-state index in [2.05, 4.69) is 5.32 Å². The lowest BCUT2D eigenvalue weighted by Crippen LogP contribution is -2.49. The van der Waals surface area contributed by atoms with E-state index >= 15 is 0 Å². The molecule has 0 aliphatic heterocycles. The summed E-state index contributed by atoms with van der Waals surface area (Å²) in [4.78, 5) is 12.8. The summed E-state index contributed by atoms with van der Waals surface area (Å²) in [5.41, 5.74) is 3.61. The first-order valence-corrected chi connectivity index (χ1v) is 13.2. The molecule has 0 heterocycles. The molecule has 2 aromatic carbocycles. The molecule has 2 rings (SSSR count). The van der Waals surface area contributed by atoms with Crippen LogP contribution in [0, 0.1) is 13.8 Å². The lowest BCUT2D eigenvalue weighted by Gasteiger charge is -2.30. The van der Waals surface area contributed by atoms with Crippen molar-refractivity contribution in [2.75, 3.05) is 22.9 Å². The van der Waals surface area contributed by atoms with Crippen molar-refractivity contribution in [3.8, 4) is 0 Å².